The zero-order valence-electron chi connectivity index (χ0n) is 9.76. The van der Waals surface area contributed by atoms with Crippen LogP contribution in [0.4, 0.5) is 5.69 Å². The van der Waals surface area contributed by atoms with E-state index in [2.05, 4.69) is 9.97 Å². The lowest BCUT2D eigenvalue weighted by atomic mass is 10.2. The summed E-state index contributed by atoms with van der Waals surface area (Å²) in [6.07, 6.45) is 3.89. The van der Waals surface area contributed by atoms with Gasteiger partial charge in [0.25, 0.3) is 0 Å². The standard InChI is InChI=1S/C13H15N3O/c1-10-2-4-12(5-3-10)17-7-6-13-15-8-11(14)9-16-13/h2-5,8-9H,6-7,14H2,1H3. The second-order valence-electron chi connectivity index (χ2n) is 3.84. The van der Waals surface area contributed by atoms with Gasteiger partial charge in [-0.3, -0.25) is 0 Å². The quantitative estimate of drug-likeness (QED) is 0.871. The molecule has 1 aromatic heterocycles. The molecule has 0 saturated carbocycles. The highest BCUT2D eigenvalue weighted by Gasteiger charge is 1.98. The summed E-state index contributed by atoms with van der Waals surface area (Å²) in [5.41, 5.74) is 7.30. The van der Waals surface area contributed by atoms with Gasteiger partial charge in [-0.15, -0.1) is 0 Å². The first-order valence-electron chi connectivity index (χ1n) is 5.50. The zero-order chi connectivity index (χ0) is 12.1. The third-order valence-electron chi connectivity index (χ3n) is 2.34. The Labute approximate surface area is 100 Å². The molecule has 0 aliphatic rings. The SMILES string of the molecule is Cc1ccc(OCCc2ncc(N)cn2)cc1. The molecule has 0 spiro atoms. The second kappa shape index (κ2) is 5.30. The van der Waals surface area contributed by atoms with Gasteiger partial charge < -0.3 is 10.5 Å². The van der Waals surface area contributed by atoms with Crippen molar-refractivity contribution >= 4 is 5.69 Å². The minimum atomic E-state index is 0.562. The Morgan fingerprint density at radius 1 is 1.12 bits per heavy atom. The van der Waals surface area contributed by atoms with Gasteiger partial charge in [-0.05, 0) is 19.1 Å². The van der Waals surface area contributed by atoms with Crippen LogP contribution in [0, 0.1) is 6.92 Å². The maximum absolute atomic E-state index is 5.58. The third-order valence-corrected chi connectivity index (χ3v) is 2.34. The van der Waals surface area contributed by atoms with E-state index in [0.717, 1.165) is 11.6 Å². The van der Waals surface area contributed by atoms with Crippen LogP contribution in [0.15, 0.2) is 36.7 Å². The van der Waals surface area contributed by atoms with Crippen molar-refractivity contribution in [1.29, 1.82) is 0 Å². The molecule has 4 heteroatoms. The van der Waals surface area contributed by atoms with E-state index in [-0.39, 0.29) is 0 Å². The van der Waals surface area contributed by atoms with E-state index >= 15 is 0 Å². The largest absolute Gasteiger partial charge is 0.493 e. The first-order chi connectivity index (χ1) is 8.24. The third kappa shape index (κ3) is 3.45. The number of benzene rings is 1. The number of hydrogen-bond donors (Lipinski definition) is 1. The highest BCUT2D eigenvalue weighted by atomic mass is 16.5. The molecule has 1 heterocycles. The summed E-state index contributed by atoms with van der Waals surface area (Å²) in [5.74, 6) is 1.61. The van der Waals surface area contributed by atoms with Crippen molar-refractivity contribution in [3.63, 3.8) is 0 Å². The molecule has 88 valence electrons. The molecular weight excluding hydrogens is 214 g/mol. The fourth-order valence-corrected chi connectivity index (χ4v) is 1.39. The molecule has 1 aromatic carbocycles. The number of aryl methyl sites for hydroxylation is 1. The second-order valence-corrected chi connectivity index (χ2v) is 3.84. The number of nitrogens with zero attached hydrogens (tertiary/aromatic N) is 2. The molecule has 2 N–H and O–H groups in total. The normalized spacial score (nSPS) is 10.2. The molecular formula is C13H15N3O. The highest BCUT2D eigenvalue weighted by Crippen LogP contribution is 2.11. The monoisotopic (exact) mass is 229 g/mol. The number of nitrogens with two attached hydrogens (primary N) is 1. The average Bonchev–Trinajstić information content (AvgIpc) is 2.34. The summed E-state index contributed by atoms with van der Waals surface area (Å²) >= 11 is 0. The molecule has 0 saturated heterocycles. The van der Waals surface area contributed by atoms with Gasteiger partial charge in [0.05, 0.1) is 24.7 Å². The van der Waals surface area contributed by atoms with Crippen LogP contribution in [0.5, 0.6) is 5.75 Å². The van der Waals surface area contributed by atoms with Crippen molar-refractivity contribution in [3.8, 4) is 5.75 Å². The van der Waals surface area contributed by atoms with Crippen LogP contribution in [0.3, 0.4) is 0 Å². The van der Waals surface area contributed by atoms with E-state index in [4.69, 9.17) is 10.5 Å². The Bertz CT molecular complexity index is 420. The van der Waals surface area contributed by atoms with Crippen LogP contribution in [0.1, 0.15) is 11.4 Å². The van der Waals surface area contributed by atoms with Crippen LogP contribution < -0.4 is 10.5 Å². The number of aromatic nitrogens is 2. The number of rotatable bonds is 4. The van der Waals surface area contributed by atoms with Crippen LogP contribution in [-0.2, 0) is 6.42 Å². The molecule has 0 radical (unpaired) electrons. The minimum absolute atomic E-state index is 0.562. The first-order valence-corrected chi connectivity index (χ1v) is 5.50. The van der Waals surface area contributed by atoms with Crippen molar-refractivity contribution in [2.45, 2.75) is 13.3 Å². The number of anilines is 1. The summed E-state index contributed by atoms with van der Waals surface area (Å²) in [4.78, 5) is 8.21. The van der Waals surface area contributed by atoms with Crippen molar-refractivity contribution in [1.82, 2.24) is 9.97 Å². The Kier molecular flexibility index (Phi) is 3.55. The predicted molar refractivity (Wildman–Crippen MR) is 66.8 cm³/mol. The Balaban J connectivity index is 1.83. The van der Waals surface area contributed by atoms with Crippen LogP contribution >= 0.6 is 0 Å². The van der Waals surface area contributed by atoms with Crippen molar-refractivity contribution in [3.05, 3.63) is 48.0 Å². The van der Waals surface area contributed by atoms with E-state index in [1.165, 1.54) is 5.56 Å². The molecule has 0 unspecified atom stereocenters. The maximum atomic E-state index is 5.58. The summed E-state index contributed by atoms with van der Waals surface area (Å²) < 4.78 is 5.58. The molecule has 0 atom stereocenters. The molecule has 4 nitrogen and oxygen atoms in total. The number of nitrogen functional groups attached to an aromatic ring is 1. The molecule has 0 amide bonds. The Morgan fingerprint density at radius 3 is 2.41 bits per heavy atom. The fourth-order valence-electron chi connectivity index (χ4n) is 1.39. The van der Waals surface area contributed by atoms with Crippen LogP contribution in [0.25, 0.3) is 0 Å². The molecule has 2 rings (SSSR count). The number of hydrogen-bond acceptors (Lipinski definition) is 4. The smallest absolute Gasteiger partial charge is 0.131 e. The Hall–Kier alpha value is -2.10. The van der Waals surface area contributed by atoms with E-state index in [1.54, 1.807) is 12.4 Å². The van der Waals surface area contributed by atoms with Gasteiger partial charge in [0.15, 0.2) is 0 Å². The maximum Gasteiger partial charge on any atom is 0.131 e. The van der Waals surface area contributed by atoms with E-state index in [9.17, 15) is 0 Å². The highest BCUT2D eigenvalue weighted by molar-refractivity contribution is 5.30. The number of ether oxygens (including phenoxy) is 1. The minimum Gasteiger partial charge on any atom is -0.493 e. The van der Waals surface area contributed by atoms with Gasteiger partial charge in [-0.2, -0.15) is 0 Å². The average molecular weight is 229 g/mol. The van der Waals surface area contributed by atoms with Crippen LogP contribution in [-0.4, -0.2) is 16.6 Å². The van der Waals surface area contributed by atoms with E-state index < -0.39 is 0 Å². The molecule has 0 bridgehead atoms. The van der Waals surface area contributed by atoms with Crippen LogP contribution in [0.2, 0.25) is 0 Å². The predicted octanol–water partition coefficient (Wildman–Crippen LogP) is 1.99. The molecule has 0 fully saturated rings. The van der Waals surface area contributed by atoms with Gasteiger partial charge in [0.2, 0.25) is 0 Å². The van der Waals surface area contributed by atoms with Gasteiger partial charge in [0.1, 0.15) is 11.6 Å². The Morgan fingerprint density at radius 2 is 1.76 bits per heavy atom. The van der Waals surface area contributed by atoms with Crippen molar-refractivity contribution in [2.75, 3.05) is 12.3 Å². The van der Waals surface area contributed by atoms with Crippen molar-refractivity contribution in [2.24, 2.45) is 0 Å². The summed E-state index contributed by atoms with van der Waals surface area (Å²) in [6, 6.07) is 7.96. The lowest BCUT2D eigenvalue weighted by Crippen LogP contribution is -2.05. The summed E-state index contributed by atoms with van der Waals surface area (Å²) in [5, 5.41) is 0. The molecule has 17 heavy (non-hydrogen) atoms. The van der Waals surface area contributed by atoms with Gasteiger partial charge in [0, 0.05) is 6.42 Å². The zero-order valence-corrected chi connectivity index (χ0v) is 9.76. The molecule has 0 aliphatic carbocycles. The topological polar surface area (TPSA) is 61.0 Å². The fraction of sp³-hybridized carbons (Fsp3) is 0.231. The van der Waals surface area contributed by atoms with Crippen molar-refractivity contribution < 1.29 is 4.74 Å². The lowest BCUT2D eigenvalue weighted by molar-refractivity contribution is 0.319. The van der Waals surface area contributed by atoms with E-state index in [0.29, 0.717) is 18.7 Å². The lowest BCUT2D eigenvalue weighted by Gasteiger charge is -2.05. The summed E-state index contributed by atoms with van der Waals surface area (Å²) in [7, 11) is 0. The van der Waals surface area contributed by atoms with Gasteiger partial charge in [-0.25, -0.2) is 9.97 Å². The van der Waals surface area contributed by atoms with E-state index in [1.807, 2.05) is 31.2 Å². The van der Waals surface area contributed by atoms with Gasteiger partial charge >= 0.3 is 0 Å². The summed E-state index contributed by atoms with van der Waals surface area (Å²) in [6.45, 7) is 2.61. The molecule has 0 aliphatic heterocycles. The van der Waals surface area contributed by atoms with Gasteiger partial charge in [-0.1, -0.05) is 17.7 Å². The first kappa shape index (κ1) is 11.4. The molecule has 2 aromatic rings.